The van der Waals surface area contributed by atoms with E-state index in [-0.39, 0.29) is 5.91 Å². The lowest BCUT2D eigenvalue weighted by molar-refractivity contribution is -0.115. The van der Waals surface area contributed by atoms with E-state index in [0.717, 1.165) is 33.8 Å². The third-order valence-corrected chi connectivity index (χ3v) is 5.70. The molecule has 1 fully saturated rings. The van der Waals surface area contributed by atoms with Crippen molar-refractivity contribution in [1.29, 1.82) is 0 Å². The second-order valence-electron chi connectivity index (χ2n) is 6.06. The molecular formula is C20H16ClN3OS2. The van der Waals surface area contributed by atoms with E-state index in [0.29, 0.717) is 10.8 Å². The van der Waals surface area contributed by atoms with Crippen molar-refractivity contribution in [3.05, 3.63) is 71.0 Å². The number of aryl methyl sites for hydroxylation is 1. The van der Waals surface area contributed by atoms with E-state index in [2.05, 4.69) is 33.5 Å². The minimum absolute atomic E-state index is 0.199. The minimum atomic E-state index is -0.199. The summed E-state index contributed by atoms with van der Waals surface area (Å²) in [5.41, 5.74) is 2.60. The van der Waals surface area contributed by atoms with Gasteiger partial charge in [0.15, 0.2) is 5.11 Å². The van der Waals surface area contributed by atoms with Gasteiger partial charge in [-0.15, -0.1) is 11.8 Å². The lowest BCUT2D eigenvalue weighted by atomic mass is 10.1. The Morgan fingerprint density at radius 1 is 1.11 bits per heavy atom. The molecule has 136 valence electrons. The third-order valence-electron chi connectivity index (χ3n) is 4.25. The van der Waals surface area contributed by atoms with Crippen LogP contribution >= 0.6 is 35.6 Å². The molecule has 4 rings (SSSR count). The number of thioether (sulfide) groups is 1. The molecule has 0 aliphatic carbocycles. The highest BCUT2D eigenvalue weighted by atomic mass is 35.5. The number of aromatic nitrogens is 1. The number of halogens is 1. The maximum absolute atomic E-state index is 11.9. The molecule has 1 amide bonds. The Morgan fingerprint density at radius 3 is 2.63 bits per heavy atom. The zero-order chi connectivity index (χ0) is 18.8. The van der Waals surface area contributed by atoms with Crippen LogP contribution in [0.4, 0.5) is 0 Å². The summed E-state index contributed by atoms with van der Waals surface area (Å²) >= 11 is 12.7. The zero-order valence-corrected chi connectivity index (χ0v) is 16.6. The van der Waals surface area contributed by atoms with Crippen molar-refractivity contribution in [3.63, 3.8) is 0 Å². The predicted molar refractivity (Wildman–Crippen MR) is 116 cm³/mol. The average molecular weight is 414 g/mol. The van der Waals surface area contributed by atoms with Gasteiger partial charge in [-0.1, -0.05) is 29.8 Å². The van der Waals surface area contributed by atoms with Crippen LogP contribution in [0.2, 0.25) is 5.02 Å². The molecule has 2 aromatic carbocycles. The molecule has 0 radical (unpaired) electrons. The minimum Gasteiger partial charge on any atom is -0.346 e. The van der Waals surface area contributed by atoms with Gasteiger partial charge in [0.2, 0.25) is 0 Å². The van der Waals surface area contributed by atoms with E-state index < -0.39 is 0 Å². The molecule has 0 saturated carbocycles. The van der Waals surface area contributed by atoms with E-state index in [1.165, 1.54) is 4.90 Å². The number of carbonyl (C=O) groups excluding carboxylic acids is 1. The Bertz CT molecular complexity index is 1060. The van der Waals surface area contributed by atoms with Crippen molar-refractivity contribution < 1.29 is 4.79 Å². The van der Waals surface area contributed by atoms with E-state index in [1.54, 1.807) is 11.8 Å². The van der Waals surface area contributed by atoms with Crippen molar-refractivity contribution in [1.82, 2.24) is 15.2 Å². The van der Waals surface area contributed by atoms with E-state index in [9.17, 15) is 4.79 Å². The van der Waals surface area contributed by atoms with Crippen molar-refractivity contribution >= 4 is 63.6 Å². The Morgan fingerprint density at radius 2 is 1.89 bits per heavy atom. The van der Waals surface area contributed by atoms with Gasteiger partial charge in [-0.2, -0.15) is 0 Å². The molecule has 3 aromatic rings. The van der Waals surface area contributed by atoms with Crippen LogP contribution in [0.25, 0.3) is 17.0 Å². The number of hydrogen-bond acceptors (Lipinski definition) is 3. The van der Waals surface area contributed by atoms with Crippen LogP contribution in [0.15, 0.2) is 65.3 Å². The number of carbonyl (C=O) groups is 1. The number of amides is 1. The van der Waals surface area contributed by atoms with Gasteiger partial charge in [-0.25, -0.2) is 0 Å². The van der Waals surface area contributed by atoms with Gasteiger partial charge >= 0.3 is 0 Å². The fourth-order valence-corrected chi connectivity index (χ4v) is 4.19. The summed E-state index contributed by atoms with van der Waals surface area (Å²) in [5, 5.41) is 7.69. The van der Waals surface area contributed by atoms with Crippen LogP contribution in [0.1, 0.15) is 5.56 Å². The van der Waals surface area contributed by atoms with Crippen LogP contribution < -0.4 is 10.6 Å². The molecule has 2 N–H and O–H groups in total. The molecule has 1 aliphatic rings. The summed E-state index contributed by atoms with van der Waals surface area (Å²) in [6, 6.07) is 16.1. The van der Waals surface area contributed by atoms with Crippen LogP contribution in [0.3, 0.4) is 0 Å². The van der Waals surface area contributed by atoms with Crippen LogP contribution in [-0.4, -0.2) is 21.3 Å². The van der Waals surface area contributed by atoms with Gasteiger partial charge < -0.3 is 9.88 Å². The quantitative estimate of drug-likeness (QED) is 0.369. The number of nitrogens with one attached hydrogen (secondary N) is 2. The molecule has 2 heterocycles. The lowest BCUT2D eigenvalue weighted by Gasteiger charge is -2.05. The largest absolute Gasteiger partial charge is 0.346 e. The number of para-hydroxylation sites is 1. The highest BCUT2D eigenvalue weighted by Gasteiger charge is 2.20. The zero-order valence-electron chi connectivity index (χ0n) is 14.2. The first-order chi connectivity index (χ1) is 13.1. The van der Waals surface area contributed by atoms with Crippen molar-refractivity contribution in [2.45, 2.75) is 11.4 Å². The monoisotopic (exact) mass is 413 g/mol. The molecule has 1 aromatic heterocycles. The van der Waals surface area contributed by atoms with Crippen LogP contribution in [0, 0.1) is 0 Å². The summed E-state index contributed by atoms with van der Waals surface area (Å²) < 4.78 is 2.22. The van der Waals surface area contributed by atoms with Crippen LogP contribution in [-0.2, 0) is 11.3 Å². The normalized spacial score (nSPS) is 15.4. The summed E-state index contributed by atoms with van der Waals surface area (Å²) in [4.78, 5) is 13.1. The summed E-state index contributed by atoms with van der Waals surface area (Å²) in [6.45, 7) is 0.856. The standard InChI is InChI=1S/C20H16ClN3OS2/c21-14-5-7-15(8-6-14)27-10-9-24-12-13(16-3-1-2-4-18(16)24)11-17-19(25)23-20(26)22-17/h1-8,11-12H,9-10H2,(H2,22,23,25,26)/b17-11+. The maximum Gasteiger partial charge on any atom is 0.273 e. The second-order valence-corrected chi connectivity index (χ2v) is 8.08. The van der Waals surface area contributed by atoms with Gasteiger partial charge in [-0.3, -0.25) is 10.1 Å². The first kappa shape index (κ1) is 18.1. The highest BCUT2D eigenvalue weighted by Crippen LogP contribution is 2.26. The van der Waals surface area contributed by atoms with E-state index in [1.807, 2.05) is 42.5 Å². The molecule has 1 saturated heterocycles. The van der Waals surface area contributed by atoms with Gasteiger partial charge in [-0.05, 0) is 48.6 Å². The lowest BCUT2D eigenvalue weighted by Crippen LogP contribution is -2.21. The van der Waals surface area contributed by atoms with Gasteiger partial charge in [0.1, 0.15) is 5.70 Å². The maximum atomic E-state index is 11.9. The van der Waals surface area contributed by atoms with Gasteiger partial charge in [0.25, 0.3) is 5.91 Å². The Balaban J connectivity index is 1.56. The number of nitrogens with zero attached hydrogens (tertiary/aromatic N) is 1. The average Bonchev–Trinajstić information content (AvgIpc) is 3.17. The molecule has 27 heavy (non-hydrogen) atoms. The summed E-state index contributed by atoms with van der Waals surface area (Å²) in [7, 11) is 0. The Hall–Kier alpha value is -2.28. The number of rotatable bonds is 5. The molecule has 0 spiro atoms. The van der Waals surface area contributed by atoms with E-state index >= 15 is 0 Å². The Labute approximate surface area is 171 Å². The number of fused-ring (bicyclic) bond motifs is 1. The SMILES string of the molecule is O=C1NC(=S)N/C1=C/c1cn(CCSc2ccc(Cl)cc2)c2ccccc12. The fourth-order valence-electron chi connectivity index (χ4n) is 3.01. The van der Waals surface area contributed by atoms with Crippen molar-refractivity contribution in [2.75, 3.05) is 5.75 Å². The van der Waals surface area contributed by atoms with Crippen molar-refractivity contribution in [2.24, 2.45) is 0 Å². The molecule has 4 nitrogen and oxygen atoms in total. The molecule has 1 aliphatic heterocycles. The molecule has 0 unspecified atom stereocenters. The first-order valence-corrected chi connectivity index (χ1v) is 10.2. The van der Waals surface area contributed by atoms with Gasteiger partial charge in [0.05, 0.1) is 0 Å². The predicted octanol–water partition coefficient (Wildman–Crippen LogP) is 4.43. The van der Waals surface area contributed by atoms with E-state index in [4.69, 9.17) is 23.8 Å². The van der Waals surface area contributed by atoms with Gasteiger partial charge in [0, 0.05) is 44.9 Å². The van der Waals surface area contributed by atoms with Crippen molar-refractivity contribution in [3.8, 4) is 0 Å². The number of benzene rings is 2. The highest BCUT2D eigenvalue weighted by molar-refractivity contribution is 7.99. The fraction of sp³-hybridized carbons (Fsp3) is 0.100. The topological polar surface area (TPSA) is 46.1 Å². The molecule has 0 atom stereocenters. The summed E-state index contributed by atoms with van der Waals surface area (Å²) in [6.07, 6.45) is 3.93. The third kappa shape index (κ3) is 4.03. The molecule has 0 bridgehead atoms. The molecular weight excluding hydrogens is 398 g/mol. The summed E-state index contributed by atoms with van der Waals surface area (Å²) in [5.74, 6) is 0.731. The van der Waals surface area contributed by atoms with Crippen LogP contribution in [0.5, 0.6) is 0 Å². The number of hydrogen-bond donors (Lipinski definition) is 2. The smallest absolute Gasteiger partial charge is 0.273 e. The molecule has 7 heteroatoms. The first-order valence-electron chi connectivity index (χ1n) is 8.40. The second kappa shape index (κ2) is 7.76. The number of thiocarbonyl (C=S) groups is 1. The Kier molecular flexibility index (Phi) is 5.20.